The fourth-order valence-corrected chi connectivity index (χ4v) is 3.14. The van der Waals surface area contributed by atoms with Gasteiger partial charge in [0.2, 0.25) is 0 Å². The van der Waals surface area contributed by atoms with Crippen molar-refractivity contribution < 1.29 is 9.53 Å². The van der Waals surface area contributed by atoms with Gasteiger partial charge in [-0.3, -0.25) is 9.69 Å². The van der Waals surface area contributed by atoms with Crippen molar-refractivity contribution in [1.82, 2.24) is 14.4 Å². The number of aryl methyl sites for hydroxylation is 1. The second-order valence-electron chi connectivity index (χ2n) is 5.29. The average molecular weight is 344 g/mol. The van der Waals surface area contributed by atoms with Crippen molar-refractivity contribution in [2.75, 3.05) is 39.9 Å². The minimum Gasteiger partial charge on any atom is -0.383 e. The van der Waals surface area contributed by atoms with Crippen molar-refractivity contribution in [3.05, 3.63) is 22.4 Å². The molecule has 1 aliphatic rings. The van der Waals surface area contributed by atoms with Crippen LogP contribution >= 0.6 is 15.9 Å². The van der Waals surface area contributed by atoms with Gasteiger partial charge < -0.3 is 14.2 Å². The highest BCUT2D eigenvalue weighted by Crippen LogP contribution is 2.17. The van der Waals surface area contributed by atoms with Crippen LogP contribution in [0.15, 0.2) is 16.7 Å². The van der Waals surface area contributed by atoms with E-state index < -0.39 is 0 Å². The van der Waals surface area contributed by atoms with Crippen molar-refractivity contribution in [2.24, 2.45) is 7.05 Å². The summed E-state index contributed by atoms with van der Waals surface area (Å²) in [6.45, 7) is 6.25. The molecule has 0 saturated carbocycles. The third-order valence-electron chi connectivity index (χ3n) is 3.82. The number of halogens is 1. The highest BCUT2D eigenvalue weighted by Gasteiger charge is 2.25. The number of nitrogens with zero attached hydrogens (tertiary/aromatic N) is 3. The van der Waals surface area contributed by atoms with Crippen molar-refractivity contribution in [3.8, 4) is 0 Å². The van der Waals surface area contributed by atoms with Gasteiger partial charge in [0.1, 0.15) is 5.69 Å². The number of rotatable bonds is 4. The van der Waals surface area contributed by atoms with Crippen LogP contribution in [0.2, 0.25) is 0 Å². The second kappa shape index (κ2) is 6.74. The van der Waals surface area contributed by atoms with Crippen LogP contribution in [0.1, 0.15) is 17.4 Å². The van der Waals surface area contributed by atoms with Crippen LogP contribution in [-0.4, -0.2) is 66.2 Å². The topological polar surface area (TPSA) is 37.7 Å². The SMILES string of the molecule is COC[C@@H](C)N1CCN(C(=O)c2cc(Br)cn2C)CC1. The zero-order valence-electron chi connectivity index (χ0n) is 12.3. The Hall–Kier alpha value is -0.850. The van der Waals surface area contributed by atoms with Crippen LogP contribution in [0.4, 0.5) is 0 Å². The van der Waals surface area contributed by atoms with Crippen molar-refractivity contribution >= 4 is 21.8 Å². The third-order valence-corrected chi connectivity index (χ3v) is 4.26. The largest absolute Gasteiger partial charge is 0.383 e. The van der Waals surface area contributed by atoms with Gasteiger partial charge in [-0.15, -0.1) is 0 Å². The molecule has 6 heteroatoms. The Bertz CT molecular complexity index is 467. The summed E-state index contributed by atoms with van der Waals surface area (Å²) in [6.07, 6.45) is 1.91. The molecule has 0 N–H and O–H groups in total. The summed E-state index contributed by atoms with van der Waals surface area (Å²) in [5.74, 6) is 0.109. The third kappa shape index (κ3) is 3.42. The molecule has 1 saturated heterocycles. The lowest BCUT2D eigenvalue weighted by Gasteiger charge is -2.37. The molecular weight excluding hydrogens is 322 g/mol. The van der Waals surface area contributed by atoms with Crippen LogP contribution in [0.3, 0.4) is 0 Å². The van der Waals surface area contributed by atoms with Crippen LogP contribution < -0.4 is 0 Å². The number of aromatic nitrogens is 1. The molecule has 0 aliphatic carbocycles. The lowest BCUT2D eigenvalue weighted by atomic mass is 10.2. The number of carbonyl (C=O) groups excluding carboxylic acids is 1. The summed E-state index contributed by atoms with van der Waals surface area (Å²) in [5, 5.41) is 0. The molecule has 1 amide bonds. The Morgan fingerprint density at radius 1 is 1.40 bits per heavy atom. The van der Waals surface area contributed by atoms with E-state index >= 15 is 0 Å². The summed E-state index contributed by atoms with van der Waals surface area (Å²) in [4.78, 5) is 16.8. The standard InChI is InChI=1S/C14H22BrN3O2/c1-11(10-20-3)17-4-6-18(7-5-17)14(19)13-8-12(15)9-16(13)2/h8-9,11H,4-7,10H2,1-3H3/t11-/m1/s1. The highest BCUT2D eigenvalue weighted by atomic mass is 79.9. The molecule has 0 unspecified atom stereocenters. The molecule has 0 bridgehead atoms. The van der Waals surface area contributed by atoms with Gasteiger partial charge in [-0.25, -0.2) is 0 Å². The van der Waals surface area contributed by atoms with Crippen molar-refractivity contribution in [2.45, 2.75) is 13.0 Å². The van der Waals surface area contributed by atoms with Crippen molar-refractivity contribution in [3.63, 3.8) is 0 Å². The van der Waals surface area contributed by atoms with Gasteiger partial charge in [-0.1, -0.05) is 0 Å². The van der Waals surface area contributed by atoms with E-state index in [-0.39, 0.29) is 5.91 Å². The smallest absolute Gasteiger partial charge is 0.270 e. The summed E-state index contributed by atoms with van der Waals surface area (Å²) in [6, 6.07) is 2.28. The van der Waals surface area contributed by atoms with Gasteiger partial charge in [-0.05, 0) is 28.9 Å². The number of hydrogen-bond acceptors (Lipinski definition) is 3. The molecule has 112 valence electrons. The molecule has 1 atom stereocenters. The summed E-state index contributed by atoms with van der Waals surface area (Å²) in [5.41, 5.74) is 0.732. The number of ether oxygens (including phenoxy) is 1. The van der Waals surface area contributed by atoms with Gasteiger partial charge in [0.15, 0.2) is 0 Å². The molecule has 0 spiro atoms. The molecule has 0 aromatic carbocycles. The Morgan fingerprint density at radius 2 is 2.05 bits per heavy atom. The average Bonchev–Trinajstić information content (AvgIpc) is 2.77. The van der Waals surface area contributed by atoms with E-state index in [4.69, 9.17) is 4.74 Å². The quantitative estimate of drug-likeness (QED) is 0.832. The molecule has 1 aliphatic heterocycles. The molecule has 20 heavy (non-hydrogen) atoms. The summed E-state index contributed by atoms with van der Waals surface area (Å²) < 4.78 is 8.00. The van der Waals surface area contributed by atoms with Gasteiger partial charge in [-0.2, -0.15) is 0 Å². The minimum absolute atomic E-state index is 0.109. The number of methoxy groups -OCH3 is 1. The zero-order valence-corrected chi connectivity index (χ0v) is 13.9. The maximum absolute atomic E-state index is 12.5. The number of piperazine rings is 1. The second-order valence-corrected chi connectivity index (χ2v) is 6.20. The normalized spacial score (nSPS) is 18.3. The molecule has 5 nitrogen and oxygen atoms in total. The predicted molar refractivity (Wildman–Crippen MR) is 81.9 cm³/mol. The van der Waals surface area contributed by atoms with Crippen LogP contribution in [-0.2, 0) is 11.8 Å². The number of hydrogen-bond donors (Lipinski definition) is 0. The van der Waals surface area contributed by atoms with Crippen LogP contribution in [0.5, 0.6) is 0 Å². The van der Waals surface area contributed by atoms with E-state index in [2.05, 4.69) is 27.8 Å². The summed E-state index contributed by atoms with van der Waals surface area (Å²) in [7, 11) is 3.62. The first-order valence-electron chi connectivity index (χ1n) is 6.87. The minimum atomic E-state index is 0.109. The first kappa shape index (κ1) is 15.5. The Kier molecular flexibility index (Phi) is 5.23. The molecule has 0 radical (unpaired) electrons. The lowest BCUT2D eigenvalue weighted by Crippen LogP contribution is -2.52. The Morgan fingerprint density at radius 3 is 2.55 bits per heavy atom. The monoisotopic (exact) mass is 343 g/mol. The Labute approximate surface area is 128 Å². The first-order chi connectivity index (χ1) is 9.52. The molecule has 1 aromatic heterocycles. The fourth-order valence-electron chi connectivity index (χ4n) is 2.61. The predicted octanol–water partition coefficient (Wildman–Crippen LogP) is 1.58. The van der Waals surface area contributed by atoms with Gasteiger partial charge in [0.05, 0.1) is 6.61 Å². The lowest BCUT2D eigenvalue weighted by molar-refractivity contribution is 0.0443. The molecule has 2 heterocycles. The van der Waals surface area contributed by atoms with E-state index in [1.54, 1.807) is 7.11 Å². The Balaban J connectivity index is 1.93. The maximum atomic E-state index is 12.5. The first-order valence-corrected chi connectivity index (χ1v) is 7.66. The fraction of sp³-hybridized carbons (Fsp3) is 0.643. The molecule has 1 fully saturated rings. The molecule has 2 rings (SSSR count). The van der Waals surface area contributed by atoms with Crippen LogP contribution in [0.25, 0.3) is 0 Å². The number of amides is 1. The highest BCUT2D eigenvalue weighted by molar-refractivity contribution is 9.10. The zero-order chi connectivity index (χ0) is 14.7. The van der Waals surface area contributed by atoms with Crippen molar-refractivity contribution in [1.29, 1.82) is 0 Å². The van der Waals surface area contributed by atoms with E-state index in [0.717, 1.165) is 43.0 Å². The maximum Gasteiger partial charge on any atom is 0.270 e. The molecule has 1 aromatic rings. The van der Waals surface area contributed by atoms with Gasteiger partial charge in [0.25, 0.3) is 5.91 Å². The van der Waals surface area contributed by atoms with E-state index in [0.29, 0.717) is 6.04 Å². The summed E-state index contributed by atoms with van der Waals surface area (Å²) >= 11 is 3.41. The molecular formula is C14H22BrN3O2. The van der Waals surface area contributed by atoms with Gasteiger partial charge in [0, 0.05) is 57.0 Å². The van der Waals surface area contributed by atoms with Crippen LogP contribution in [0, 0.1) is 0 Å². The van der Waals surface area contributed by atoms with E-state index in [1.165, 1.54) is 0 Å². The number of carbonyl (C=O) groups is 1. The van der Waals surface area contributed by atoms with Gasteiger partial charge >= 0.3 is 0 Å². The van der Waals surface area contributed by atoms with E-state index in [1.807, 2.05) is 28.8 Å². The van der Waals surface area contributed by atoms with E-state index in [9.17, 15) is 4.79 Å².